The van der Waals surface area contributed by atoms with Crippen LogP contribution in [0.15, 0.2) is 12.1 Å². The molecule has 0 unspecified atom stereocenters. The molecule has 116 valence electrons. The van der Waals surface area contributed by atoms with Crippen LogP contribution in [0.1, 0.15) is 12.8 Å². The topological polar surface area (TPSA) is 81.6 Å². The lowest BCUT2D eigenvalue weighted by atomic mass is 9.96. The predicted octanol–water partition coefficient (Wildman–Crippen LogP) is 1.71. The van der Waals surface area contributed by atoms with Gasteiger partial charge in [0.1, 0.15) is 0 Å². The van der Waals surface area contributed by atoms with Crippen LogP contribution in [0.5, 0.6) is 5.75 Å². The second kappa shape index (κ2) is 6.11. The zero-order valence-corrected chi connectivity index (χ0v) is 11.2. The maximum atomic E-state index is 13.5. The Kier molecular flexibility index (Phi) is 4.44. The summed E-state index contributed by atoms with van der Waals surface area (Å²) in [7, 11) is 0. The second-order valence-corrected chi connectivity index (χ2v) is 4.88. The average Bonchev–Trinajstić information content (AvgIpc) is 2.41. The zero-order chi connectivity index (χ0) is 15.6. The molecule has 4 N–H and O–H groups in total. The molecular weight excluding hydrogens is 287 g/mol. The molecule has 1 aromatic rings. The third kappa shape index (κ3) is 3.50. The van der Waals surface area contributed by atoms with E-state index in [1.54, 1.807) is 4.90 Å². The van der Waals surface area contributed by atoms with Crippen molar-refractivity contribution in [3.63, 3.8) is 0 Å². The molecule has 0 bridgehead atoms. The molecule has 1 aromatic carbocycles. The van der Waals surface area contributed by atoms with E-state index in [0.717, 1.165) is 12.1 Å². The van der Waals surface area contributed by atoms with E-state index in [9.17, 15) is 18.0 Å². The number of halogens is 3. The monoisotopic (exact) mass is 303 g/mol. The highest BCUT2D eigenvalue weighted by atomic mass is 19.3. The number of piperidine rings is 1. The summed E-state index contributed by atoms with van der Waals surface area (Å²) >= 11 is 0. The smallest absolute Gasteiger partial charge is 0.387 e. The summed E-state index contributed by atoms with van der Waals surface area (Å²) in [6.45, 7) is -2.15. The first-order chi connectivity index (χ1) is 9.88. The molecule has 2 rings (SSSR count). The molecular formula is C13H16F3N3O2. The molecule has 0 aromatic heterocycles. The molecule has 1 heterocycles. The van der Waals surface area contributed by atoms with Gasteiger partial charge in [-0.3, -0.25) is 4.79 Å². The zero-order valence-electron chi connectivity index (χ0n) is 11.2. The van der Waals surface area contributed by atoms with Crippen molar-refractivity contribution in [3.05, 3.63) is 17.9 Å². The molecule has 0 saturated carbocycles. The number of rotatable bonds is 4. The Morgan fingerprint density at radius 3 is 2.48 bits per heavy atom. The fourth-order valence-electron chi connectivity index (χ4n) is 2.42. The van der Waals surface area contributed by atoms with E-state index in [2.05, 4.69) is 4.74 Å². The average molecular weight is 303 g/mol. The Balaban J connectivity index is 2.18. The number of ether oxygens (including phenoxy) is 1. The Bertz CT molecular complexity index is 532. The van der Waals surface area contributed by atoms with Gasteiger partial charge in [0.15, 0.2) is 11.6 Å². The van der Waals surface area contributed by atoms with Gasteiger partial charge in [0.05, 0.1) is 11.4 Å². The van der Waals surface area contributed by atoms with Crippen LogP contribution in [-0.4, -0.2) is 25.6 Å². The van der Waals surface area contributed by atoms with Crippen LogP contribution in [0.4, 0.5) is 24.5 Å². The molecule has 0 aliphatic carbocycles. The number of anilines is 2. The van der Waals surface area contributed by atoms with E-state index in [1.807, 2.05) is 0 Å². The summed E-state index contributed by atoms with van der Waals surface area (Å²) in [6, 6.07) is 2.11. The fraction of sp³-hybridized carbons (Fsp3) is 0.462. The third-order valence-corrected chi connectivity index (χ3v) is 3.54. The summed E-state index contributed by atoms with van der Waals surface area (Å²) in [5.74, 6) is -2.06. The lowest BCUT2D eigenvalue weighted by Gasteiger charge is -2.33. The highest BCUT2D eigenvalue weighted by Gasteiger charge is 2.25. The van der Waals surface area contributed by atoms with Crippen molar-refractivity contribution in [2.24, 2.45) is 11.7 Å². The van der Waals surface area contributed by atoms with Crippen molar-refractivity contribution in [2.45, 2.75) is 19.5 Å². The minimum absolute atomic E-state index is 0.131. The highest BCUT2D eigenvalue weighted by molar-refractivity contribution is 5.77. The molecule has 1 aliphatic heterocycles. The predicted molar refractivity (Wildman–Crippen MR) is 71.6 cm³/mol. The number of nitrogens with zero attached hydrogens (tertiary/aromatic N) is 1. The third-order valence-electron chi connectivity index (χ3n) is 3.54. The van der Waals surface area contributed by atoms with Crippen molar-refractivity contribution in [1.82, 2.24) is 0 Å². The molecule has 1 amide bonds. The van der Waals surface area contributed by atoms with Crippen molar-refractivity contribution in [3.8, 4) is 5.75 Å². The standard InChI is InChI=1S/C13H16F3N3O2/c14-8-5-9(17)10(6-11(8)21-13(15)16)19-3-1-7(2-4-19)12(18)20/h5-7,13H,1-4,17H2,(H2,18,20). The lowest BCUT2D eigenvalue weighted by molar-refractivity contribution is -0.122. The molecule has 21 heavy (non-hydrogen) atoms. The molecule has 5 nitrogen and oxygen atoms in total. The van der Waals surface area contributed by atoms with Crippen LogP contribution in [0, 0.1) is 11.7 Å². The van der Waals surface area contributed by atoms with Crippen LogP contribution >= 0.6 is 0 Å². The lowest BCUT2D eigenvalue weighted by Crippen LogP contribution is -2.38. The first-order valence-corrected chi connectivity index (χ1v) is 6.46. The van der Waals surface area contributed by atoms with Gasteiger partial charge in [-0.1, -0.05) is 0 Å². The maximum absolute atomic E-state index is 13.5. The second-order valence-electron chi connectivity index (χ2n) is 4.88. The van der Waals surface area contributed by atoms with Crippen molar-refractivity contribution < 1.29 is 22.7 Å². The molecule has 1 fully saturated rings. The number of alkyl halides is 2. The van der Waals surface area contributed by atoms with Crippen LogP contribution in [0.2, 0.25) is 0 Å². The van der Waals surface area contributed by atoms with Gasteiger partial charge in [0.2, 0.25) is 5.91 Å². The number of primary amides is 1. The number of hydrogen-bond acceptors (Lipinski definition) is 4. The number of benzene rings is 1. The number of hydrogen-bond donors (Lipinski definition) is 2. The van der Waals surface area contributed by atoms with Gasteiger partial charge in [-0.15, -0.1) is 0 Å². The fourth-order valence-corrected chi connectivity index (χ4v) is 2.42. The number of carbonyl (C=O) groups excluding carboxylic acids is 1. The Morgan fingerprint density at radius 2 is 1.95 bits per heavy atom. The van der Waals surface area contributed by atoms with Gasteiger partial charge < -0.3 is 21.1 Å². The van der Waals surface area contributed by atoms with E-state index in [0.29, 0.717) is 31.6 Å². The quantitative estimate of drug-likeness (QED) is 0.830. The Labute approximate surface area is 119 Å². The molecule has 0 spiro atoms. The van der Waals surface area contributed by atoms with E-state index >= 15 is 0 Å². The van der Waals surface area contributed by atoms with Crippen molar-refractivity contribution in [2.75, 3.05) is 23.7 Å². The first kappa shape index (κ1) is 15.3. The van der Waals surface area contributed by atoms with Gasteiger partial charge in [0, 0.05) is 31.1 Å². The van der Waals surface area contributed by atoms with Gasteiger partial charge in [-0.25, -0.2) is 4.39 Å². The largest absolute Gasteiger partial charge is 0.432 e. The van der Waals surface area contributed by atoms with E-state index < -0.39 is 18.2 Å². The van der Waals surface area contributed by atoms with Gasteiger partial charge in [0.25, 0.3) is 0 Å². The van der Waals surface area contributed by atoms with Crippen LogP contribution in [0.25, 0.3) is 0 Å². The SMILES string of the molecule is NC(=O)C1CCN(c2cc(OC(F)F)c(F)cc2N)CC1. The summed E-state index contributed by atoms with van der Waals surface area (Å²) in [5, 5.41) is 0. The molecule has 8 heteroatoms. The van der Waals surface area contributed by atoms with E-state index in [-0.39, 0.29) is 17.5 Å². The molecule has 0 atom stereocenters. The van der Waals surface area contributed by atoms with Gasteiger partial charge in [-0.2, -0.15) is 8.78 Å². The first-order valence-electron chi connectivity index (χ1n) is 6.46. The molecule has 1 aliphatic rings. The normalized spacial score (nSPS) is 16.3. The Morgan fingerprint density at radius 1 is 1.33 bits per heavy atom. The van der Waals surface area contributed by atoms with Crippen LogP contribution in [-0.2, 0) is 4.79 Å². The summed E-state index contributed by atoms with van der Waals surface area (Å²) in [5.41, 5.74) is 11.5. The molecule has 0 radical (unpaired) electrons. The number of carbonyl (C=O) groups is 1. The van der Waals surface area contributed by atoms with Crippen molar-refractivity contribution >= 4 is 17.3 Å². The van der Waals surface area contributed by atoms with E-state index in [1.165, 1.54) is 0 Å². The maximum Gasteiger partial charge on any atom is 0.387 e. The highest BCUT2D eigenvalue weighted by Crippen LogP contribution is 2.34. The summed E-state index contributed by atoms with van der Waals surface area (Å²) in [6.07, 6.45) is 1.08. The summed E-state index contributed by atoms with van der Waals surface area (Å²) in [4.78, 5) is 12.9. The van der Waals surface area contributed by atoms with Crippen LogP contribution in [0.3, 0.4) is 0 Å². The van der Waals surface area contributed by atoms with Crippen LogP contribution < -0.4 is 21.1 Å². The Hall–Kier alpha value is -2.12. The minimum atomic E-state index is -3.11. The number of nitrogen functional groups attached to an aromatic ring is 1. The van der Waals surface area contributed by atoms with Gasteiger partial charge >= 0.3 is 6.61 Å². The van der Waals surface area contributed by atoms with Gasteiger partial charge in [-0.05, 0) is 12.8 Å². The van der Waals surface area contributed by atoms with Crippen molar-refractivity contribution in [1.29, 1.82) is 0 Å². The summed E-state index contributed by atoms with van der Waals surface area (Å²) < 4.78 is 42.1. The number of nitrogens with two attached hydrogens (primary N) is 2. The molecule has 1 saturated heterocycles. The van der Waals surface area contributed by atoms with E-state index in [4.69, 9.17) is 11.5 Å². The number of amides is 1. The minimum Gasteiger partial charge on any atom is -0.432 e.